The van der Waals surface area contributed by atoms with Crippen LogP contribution in [0.15, 0.2) is 24.3 Å². The summed E-state index contributed by atoms with van der Waals surface area (Å²) in [6.07, 6.45) is 4.58. The number of fused-ring (bicyclic) bond motifs is 1. The summed E-state index contributed by atoms with van der Waals surface area (Å²) in [6.45, 7) is 3.88. The van der Waals surface area contributed by atoms with Crippen molar-refractivity contribution in [2.75, 3.05) is 18.0 Å². The first-order chi connectivity index (χ1) is 12.3. The molecule has 0 bridgehead atoms. The number of aromatic nitrogens is 6. The monoisotopic (exact) mass is 335 g/mol. The number of rotatable bonds is 3. The van der Waals surface area contributed by atoms with Crippen LogP contribution >= 0.6 is 0 Å². The van der Waals surface area contributed by atoms with Gasteiger partial charge in [-0.1, -0.05) is 0 Å². The van der Waals surface area contributed by atoms with E-state index < -0.39 is 0 Å². The molecule has 0 unspecified atom stereocenters. The first kappa shape index (κ1) is 14.7. The van der Waals surface area contributed by atoms with Crippen molar-refractivity contribution >= 4 is 11.5 Å². The minimum absolute atomic E-state index is 0.395. The molecule has 2 fully saturated rings. The molecule has 5 rings (SSSR count). The molecule has 2 aliphatic rings. The van der Waals surface area contributed by atoms with Crippen LogP contribution < -0.4 is 4.90 Å². The Hall–Kier alpha value is -2.57. The molecular weight excluding hydrogens is 314 g/mol. The zero-order valence-electron chi connectivity index (χ0n) is 14.3. The fourth-order valence-corrected chi connectivity index (χ4v) is 3.60. The van der Waals surface area contributed by atoms with Gasteiger partial charge in [-0.2, -0.15) is 14.7 Å². The molecule has 1 saturated carbocycles. The molecule has 7 heteroatoms. The molecule has 7 nitrogen and oxygen atoms in total. The third-order valence-electron chi connectivity index (χ3n) is 5.27. The maximum absolute atomic E-state index is 4.81. The predicted octanol–water partition coefficient (Wildman–Crippen LogP) is 2.48. The normalized spacial score (nSPS) is 18.8. The summed E-state index contributed by atoms with van der Waals surface area (Å²) in [6, 6.07) is 8.22. The van der Waals surface area contributed by atoms with E-state index in [1.54, 1.807) is 0 Å². The van der Waals surface area contributed by atoms with Gasteiger partial charge < -0.3 is 4.90 Å². The summed E-state index contributed by atoms with van der Waals surface area (Å²) in [5, 5.41) is 22.1. The number of hydrogen-bond donors (Lipinski definition) is 0. The molecule has 0 spiro atoms. The van der Waals surface area contributed by atoms with Crippen LogP contribution in [0.2, 0.25) is 0 Å². The number of aryl methyl sites for hydroxylation is 1. The smallest absolute Gasteiger partial charge is 0.177 e. The minimum atomic E-state index is 0.395. The average molecular weight is 335 g/mol. The van der Waals surface area contributed by atoms with Crippen LogP contribution in [0.4, 0.5) is 5.82 Å². The molecule has 1 aliphatic carbocycles. The summed E-state index contributed by atoms with van der Waals surface area (Å²) in [5.74, 6) is 3.00. The van der Waals surface area contributed by atoms with Gasteiger partial charge in [-0.15, -0.1) is 15.3 Å². The number of hydrogen-bond acceptors (Lipinski definition) is 6. The summed E-state index contributed by atoms with van der Waals surface area (Å²) in [4.78, 5) is 2.30. The van der Waals surface area contributed by atoms with Crippen LogP contribution in [0.25, 0.3) is 5.65 Å². The maximum Gasteiger partial charge on any atom is 0.177 e. The Bertz CT molecular complexity index is 889. The number of anilines is 1. The SMILES string of the molecule is Cc1ccc(N2CCC(c3nnc4ccc(C5CC5)nn34)CC2)nn1. The fraction of sp³-hybridized carbons (Fsp3) is 0.500. The molecule has 1 aliphatic heterocycles. The minimum Gasteiger partial charge on any atom is -0.355 e. The van der Waals surface area contributed by atoms with Gasteiger partial charge in [0.05, 0.1) is 11.4 Å². The maximum atomic E-state index is 4.81. The zero-order valence-corrected chi connectivity index (χ0v) is 14.3. The van der Waals surface area contributed by atoms with Gasteiger partial charge in [0.2, 0.25) is 0 Å². The van der Waals surface area contributed by atoms with Crippen LogP contribution in [0, 0.1) is 6.92 Å². The first-order valence-corrected chi connectivity index (χ1v) is 9.05. The van der Waals surface area contributed by atoms with E-state index >= 15 is 0 Å². The Morgan fingerprint density at radius 1 is 0.840 bits per heavy atom. The summed E-state index contributed by atoms with van der Waals surface area (Å²) >= 11 is 0. The fourth-order valence-electron chi connectivity index (χ4n) is 3.60. The van der Waals surface area contributed by atoms with E-state index in [1.165, 1.54) is 18.5 Å². The summed E-state index contributed by atoms with van der Waals surface area (Å²) in [7, 11) is 0. The van der Waals surface area contributed by atoms with Gasteiger partial charge in [-0.05, 0) is 56.9 Å². The number of piperidine rings is 1. The van der Waals surface area contributed by atoms with Crippen molar-refractivity contribution in [2.45, 2.75) is 44.4 Å². The van der Waals surface area contributed by atoms with Gasteiger partial charge in [0.1, 0.15) is 0 Å². The quantitative estimate of drug-likeness (QED) is 0.732. The molecule has 128 valence electrons. The van der Waals surface area contributed by atoms with Crippen molar-refractivity contribution in [3.8, 4) is 0 Å². The van der Waals surface area contributed by atoms with Crippen LogP contribution in [-0.2, 0) is 0 Å². The van der Waals surface area contributed by atoms with Crippen molar-refractivity contribution in [3.63, 3.8) is 0 Å². The Balaban J connectivity index is 1.35. The molecule has 1 saturated heterocycles. The summed E-state index contributed by atoms with van der Waals surface area (Å²) in [5.41, 5.74) is 2.98. The van der Waals surface area contributed by atoms with E-state index in [9.17, 15) is 0 Å². The van der Waals surface area contributed by atoms with E-state index in [0.29, 0.717) is 11.8 Å². The highest BCUT2D eigenvalue weighted by Crippen LogP contribution is 2.39. The average Bonchev–Trinajstić information content (AvgIpc) is 3.42. The van der Waals surface area contributed by atoms with Crippen molar-refractivity contribution in [1.29, 1.82) is 0 Å². The highest BCUT2D eigenvalue weighted by molar-refractivity contribution is 5.40. The van der Waals surface area contributed by atoms with Gasteiger partial charge >= 0.3 is 0 Å². The standard InChI is InChI=1S/C18H21N7/c1-12-2-6-16(20-19-12)24-10-8-14(9-11-24)18-22-21-17-7-5-15(13-3-4-13)23-25(17)18/h2,5-7,13-14H,3-4,8-11H2,1H3. The number of nitrogens with zero attached hydrogens (tertiary/aromatic N) is 7. The Labute approximate surface area is 146 Å². The Morgan fingerprint density at radius 3 is 2.40 bits per heavy atom. The summed E-state index contributed by atoms with van der Waals surface area (Å²) < 4.78 is 1.97. The lowest BCUT2D eigenvalue weighted by molar-refractivity contribution is 0.473. The van der Waals surface area contributed by atoms with Gasteiger partial charge in [0.15, 0.2) is 17.3 Å². The van der Waals surface area contributed by atoms with Crippen molar-refractivity contribution in [3.05, 3.63) is 41.5 Å². The zero-order chi connectivity index (χ0) is 16.8. The largest absolute Gasteiger partial charge is 0.355 e. The molecular formula is C18H21N7. The molecule has 0 amide bonds. The van der Waals surface area contributed by atoms with Crippen molar-refractivity contribution < 1.29 is 0 Å². The second-order valence-corrected chi connectivity index (χ2v) is 7.15. The highest BCUT2D eigenvalue weighted by atomic mass is 15.4. The predicted molar refractivity (Wildman–Crippen MR) is 93.7 cm³/mol. The molecule has 0 aromatic carbocycles. The molecule has 0 radical (unpaired) electrons. The first-order valence-electron chi connectivity index (χ1n) is 9.05. The molecule has 0 atom stereocenters. The molecule has 0 N–H and O–H groups in total. The van der Waals surface area contributed by atoms with E-state index in [-0.39, 0.29) is 0 Å². The van der Waals surface area contributed by atoms with Crippen LogP contribution in [0.1, 0.15) is 54.7 Å². The second kappa shape index (κ2) is 5.75. The topological polar surface area (TPSA) is 72.1 Å². The van der Waals surface area contributed by atoms with Gasteiger partial charge in [0, 0.05) is 24.9 Å². The molecule has 25 heavy (non-hydrogen) atoms. The highest BCUT2D eigenvalue weighted by Gasteiger charge is 2.28. The van der Waals surface area contributed by atoms with E-state index in [1.807, 2.05) is 23.6 Å². The molecule has 4 heterocycles. The van der Waals surface area contributed by atoms with Gasteiger partial charge in [0.25, 0.3) is 0 Å². The van der Waals surface area contributed by atoms with E-state index in [2.05, 4.69) is 37.4 Å². The molecule has 3 aromatic rings. The Kier molecular flexibility index (Phi) is 3.39. The van der Waals surface area contributed by atoms with E-state index in [0.717, 1.165) is 48.9 Å². The second-order valence-electron chi connectivity index (χ2n) is 7.15. The van der Waals surface area contributed by atoms with Crippen molar-refractivity contribution in [2.24, 2.45) is 0 Å². The lowest BCUT2D eigenvalue weighted by Gasteiger charge is -2.31. The van der Waals surface area contributed by atoms with Gasteiger partial charge in [-0.3, -0.25) is 0 Å². The van der Waals surface area contributed by atoms with Crippen LogP contribution in [-0.4, -0.2) is 43.1 Å². The third-order valence-corrected chi connectivity index (χ3v) is 5.27. The lowest BCUT2D eigenvalue weighted by Crippen LogP contribution is -2.34. The molecule has 3 aromatic heterocycles. The third kappa shape index (κ3) is 2.73. The van der Waals surface area contributed by atoms with E-state index in [4.69, 9.17) is 5.10 Å². The van der Waals surface area contributed by atoms with Gasteiger partial charge in [-0.25, -0.2) is 0 Å². The van der Waals surface area contributed by atoms with Crippen molar-refractivity contribution in [1.82, 2.24) is 30.0 Å². The Morgan fingerprint density at radius 2 is 1.68 bits per heavy atom. The lowest BCUT2D eigenvalue weighted by atomic mass is 9.96. The van der Waals surface area contributed by atoms with Crippen LogP contribution in [0.3, 0.4) is 0 Å². The van der Waals surface area contributed by atoms with Crippen LogP contribution in [0.5, 0.6) is 0 Å².